The molecule has 1 atom stereocenters. The first-order valence-electron chi connectivity index (χ1n) is 6.39. The number of halogens is 1. The average molecular weight is 316 g/mol. The smallest absolute Gasteiger partial charge is 0.262 e. The van der Waals surface area contributed by atoms with Crippen molar-refractivity contribution in [3.8, 4) is 0 Å². The molecule has 0 amide bonds. The van der Waals surface area contributed by atoms with Crippen molar-refractivity contribution >= 4 is 34.2 Å². The lowest BCUT2D eigenvalue weighted by Crippen LogP contribution is -2.30. The summed E-state index contributed by atoms with van der Waals surface area (Å²) >= 11 is 5.91. The lowest BCUT2D eigenvalue weighted by molar-refractivity contribution is -0.480. The fourth-order valence-corrected chi connectivity index (χ4v) is 2.11. The number of hydrogen-bond acceptors (Lipinski definition) is 5. The van der Waals surface area contributed by atoms with Crippen LogP contribution < -0.4 is 0 Å². The molecule has 1 unspecified atom stereocenters. The second-order valence-electron chi connectivity index (χ2n) is 4.42. The maximum atomic E-state index is 11.1. The number of nitrogens with zero attached hydrogens (tertiary/aromatic N) is 5. The zero-order valence-corrected chi connectivity index (χ0v) is 12.0. The number of para-hydroxylation sites is 2. The Morgan fingerprint density at radius 3 is 2.59 bits per heavy atom. The van der Waals surface area contributed by atoms with Crippen LogP contribution >= 0.6 is 11.6 Å². The number of fused-ring (bicyclic) bond motifs is 1. The fraction of sp³-hybridized carbons (Fsp3) is 0.0714. The summed E-state index contributed by atoms with van der Waals surface area (Å²) in [6.07, 6.45) is 0. The highest BCUT2D eigenvalue weighted by Gasteiger charge is 2.28. The van der Waals surface area contributed by atoms with Gasteiger partial charge in [0.25, 0.3) is 0 Å². The fourth-order valence-electron chi connectivity index (χ4n) is 1.97. The molecule has 0 saturated heterocycles. The van der Waals surface area contributed by atoms with Gasteiger partial charge in [-0.15, -0.1) is 5.10 Å². The Labute approximate surface area is 130 Å². The summed E-state index contributed by atoms with van der Waals surface area (Å²) < 4.78 is 1.29. The Kier molecular flexibility index (Phi) is 3.80. The first-order chi connectivity index (χ1) is 10.7. The van der Waals surface area contributed by atoms with Gasteiger partial charge in [0.05, 0.1) is 11.2 Å². The number of alkyl halides is 1. The van der Waals surface area contributed by atoms with Crippen molar-refractivity contribution < 1.29 is 4.92 Å². The lowest BCUT2D eigenvalue weighted by atomic mass is 10.3. The number of benzene rings is 2. The van der Waals surface area contributed by atoms with Crippen molar-refractivity contribution in [2.24, 2.45) is 4.99 Å². The van der Waals surface area contributed by atoms with E-state index in [1.165, 1.54) is 4.68 Å². The van der Waals surface area contributed by atoms with Crippen LogP contribution in [0.25, 0.3) is 11.0 Å². The number of nitro groups is 1. The molecule has 110 valence electrons. The van der Waals surface area contributed by atoms with E-state index in [0.717, 1.165) is 0 Å². The van der Waals surface area contributed by atoms with Crippen molar-refractivity contribution in [1.82, 2.24) is 15.0 Å². The third-order valence-electron chi connectivity index (χ3n) is 2.97. The molecule has 3 aromatic rings. The highest BCUT2D eigenvalue weighted by Crippen LogP contribution is 2.17. The van der Waals surface area contributed by atoms with Gasteiger partial charge in [-0.25, -0.2) is 4.99 Å². The zero-order valence-electron chi connectivity index (χ0n) is 11.2. The molecule has 0 radical (unpaired) electrons. The van der Waals surface area contributed by atoms with Gasteiger partial charge in [-0.1, -0.05) is 35.5 Å². The van der Waals surface area contributed by atoms with E-state index in [4.69, 9.17) is 11.6 Å². The van der Waals surface area contributed by atoms with Gasteiger partial charge in [0, 0.05) is 4.92 Å². The van der Waals surface area contributed by atoms with Crippen LogP contribution in [0.4, 0.5) is 5.69 Å². The summed E-state index contributed by atoms with van der Waals surface area (Å²) in [6.45, 7) is 0. The van der Waals surface area contributed by atoms with Crippen LogP contribution in [0.3, 0.4) is 0 Å². The summed E-state index contributed by atoms with van der Waals surface area (Å²) in [7, 11) is 0. The third kappa shape index (κ3) is 2.66. The summed E-state index contributed by atoms with van der Waals surface area (Å²) in [6, 6.07) is 15.9. The molecule has 1 aromatic heterocycles. The molecule has 0 bridgehead atoms. The molecule has 0 saturated carbocycles. The van der Waals surface area contributed by atoms with Crippen molar-refractivity contribution in [3.63, 3.8) is 0 Å². The maximum Gasteiger partial charge on any atom is 0.345 e. The molecule has 0 aliphatic heterocycles. The van der Waals surface area contributed by atoms with E-state index in [-0.39, 0.29) is 5.84 Å². The van der Waals surface area contributed by atoms with Crippen LogP contribution in [0.15, 0.2) is 59.6 Å². The molecular weight excluding hydrogens is 306 g/mol. The Morgan fingerprint density at radius 1 is 1.18 bits per heavy atom. The monoisotopic (exact) mass is 315 g/mol. The van der Waals surface area contributed by atoms with Crippen LogP contribution in [-0.2, 0) is 0 Å². The second kappa shape index (κ2) is 5.90. The number of aromatic nitrogens is 3. The van der Waals surface area contributed by atoms with E-state index in [1.54, 1.807) is 48.5 Å². The van der Waals surface area contributed by atoms with Gasteiger partial charge in [-0.3, -0.25) is 10.1 Å². The predicted octanol–water partition coefficient (Wildman–Crippen LogP) is 2.85. The molecule has 0 N–H and O–H groups in total. The number of rotatable bonds is 3. The van der Waals surface area contributed by atoms with Gasteiger partial charge in [0.1, 0.15) is 5.52 Å². The van der Waals surface area contributed by atoms with Gasteiger partial charge in [-0.05, 0) is 35.9 Å². The summed E-state index contributed by atoms with van der Waals surface area (Å²) in [5.41, 5.74) is 0.218. The molecule has 2 aromatic carbocycles. The molecule has 0 aliphatic rings. The average Bonchev–Trinajstić information content (AvgIpc) is 2.97. The van der Waals surface area contributed by atoms with Crippen molar-refractivity contribution in [2.75, 3.05) is 0 Å². The largest absolute Gasteiger partial charge is 0.345 e. The van der Waals surface area contributed by atoms with E-state index in [0.29, 0.717) is 16.7 Å². The van der Waals surface area contributed by atoms with Gasteiger partial charge in [0.2, 0.25) is 5.84 Å². The highest BCUT2D eigenvalue weighted by molar-refractivity contribution is 6.31. The second-order valence-corrected chi connectivity index (χ2v) is 4.83. The van der Waals surface area contributed by atoms with Gasteiger partial charge >= 0.3 is 5.50 Å². The first kappa shape index (κ1) is 14.2. The molecule has 22 heavy (non-hydrogen) atoms. The van der Waals surface area contributed by atoms with Gasteiger partial charge in [-0.2, -0.15) is 4.68 Å². The molecular formula is C14H10ClN5O2. The first-order valence-corrected chi connectivity index (χ1v) is 6.82. The quantitative estimate of drug-likeness (QED) is 0.186. The molecule has 8 heteroatoms. The van der Waals surface area contributed by atoms with Crippen LogP contribution in [-0.4, -0.2) is 31.3 Å². The van der Waals surface area contributed by atoms with Crippen molar-refractivity contribution in [2.45, 2.75) is 5.50 Å². The van der Waals surface area contributed by atoms with Crippen LogP contribution in [0.2, 0.25) is 0 Å². The molecule has 0 aliphatic carbocycles. The minimum atomic E-state index is -1.54. The van der Waals surface area contributed by atoms with Gasteiger partial charge < -0.3 is 0 Å². The third-order valence-corrected chi connectivity index (χ3v) is 3.32. The lowest BCUT2D eigenvalue weighted by Gasteiger charge is -2.07. The zero-order chi connectivity index (χ0) is 15.5. The number of hydrogen-bond donors (Lipinski definition) is 0. The minimum Gasteiger partial charge on any atom is -0.262 e. The van der Waals surface area contributed by atoms with E-state index >= 15 is 0 Å². The van der Waals surface area contributed by atoms with E-state index in [1.807, 2.05) is 6.07 Å². The predicted molar refractivity (Wildman–Crippen MR) is 83.1 cm³/mol. The van der Waals surface area contributed by atoms with Crippen LogP contribution in [0.1, 0.15) is 0 Å². The molecule has 0 fully saturated rings. The Balaban J connectivity index is 2.18. The normalized spacial score (nSPS) is 13.2. The highest BCUT2D eigenvalue weighted by atomic mass is 35.5. The SMILES string of the molecule is O=[N+]([O-])C(Cl)C(=Nc1ccccc1)n1nnc2ccccc21. The molecule has 3 rings (SSSR count). The van der Waals surface area contributed by atoms with Crippen molar-refractivity contribution in [1.29, 1.82) is 0 Å². The Bertz CT molecular complexity index is 847. The number of aliphatic imine (C=N–C) groups is 1. The van der Waals surface area contributed by atoms with E-state index in [2.05, 4.69) is 15.3 Å². The maximum absolute atomic E-state index is 11.1. The summed E-state index contributed by atoms with van der Waals surface area (Å²) in [5, 5.41) is 19.0. The molecule has 7 nitrogen and oxygen atoms in total. The van der Waals surface area contributed by atoms with Gasteiger partial charge in [0.15, 0.2) is 0 Å². The van der Waals surface area contributed by atoms with E-state index < -0.39 is 10.4 Å². The van der Waals surface area contributed by atoms with Crippen LogP contribution in [0, 0.1) is 10.1 Å². The summed E-state index contributed by atoms with van der Waals surface area (Å²) in [4.78, 5) is 14.7. The standard InChI is InChI=1S/C14H10ClN5O2/c15-13(20(21)22)14(16-10-6-2-1-3-7-10)19-12-9-5-4-8-11(12)17-18-19/h1-9,13H. The molecule has 0 spiro atoms. The Morgan fingerprint density at radius 2 is 1.86 bits per heavy atom. The molecule has 1 heterocycles. The Hall–Kier alpha value is -2.80. The minimum absolute atomic E-state index is 0.00781. The topological polar surface area (TPSA) is 86.2 Å². The summed E-state index contributed by atoms with van der Waals surface area (Å²) in [5.74, 6) is -0.00781. The van der Waals surface area contributed by atoms with Crippen molar-refractivity contribution in [3.05, 3.63) is 64.7 Å². The van der Waals surface area contributed by atoms with E-state index in [9.17, 15) is 10.1 Å². The van der Waals surface area contributed by atoms with Crippen LogP contribution in [0.5, 0.6) is 0 Å².